The van der Waals surface area contributed by atoms with Gasteiger partial charge in [-0.05, 0) is 25.3 Å². The standard InChI is InChI=1S/C16H24N2O/c1-13-8-4-3-7-11-18(13)16(19)15(12-17)14-9-5-2-6-10-14/h2,5-6,9-10,13,15H,3-4,7-8,11-12,17H2,1H3. The summed E-state index contributed by atoms with van der Waals surface area (Å²) in [6.07, 6.45) is 4.68. The van der Waals surface area contributed by atoms with Crippen molar-refractivity contribution in [1.82, 2.24) is 4.90 Å². The fraction of sp³-hybridized carbons (Fsp3) is 0.562. The van der Waals surface area contributed by atoms with Crippen LogP contribution in [-0.2, 0) is 4.79 Å². The monoisotopic (exact) mass is 260 g/mol. The number of benzene rings is 1. The average molecular weight is 260 g/mol. The van der Waals surface area contributed by atoms with E-state index in [-0.39, 0.29) is 11.8 Å². The van der Waals surface area contributed by atoms with Crippen LogP contribution in [-0.4, -0.2) is 29.9 Å². The number of hydrogen-bond donors (Lipinski definition) is 1. The van der Waals surface area contributed by atoms with E-state index < -0.39 is 0 Å². The summed E-state index contributed by atoms with van der Waals surface area (Å²) in [5, 5.41) is 0. The molecule has 1 amide bonds. The topological polar surface area (TPSA) is 46.3 Å². The van der Waals surface area contributed by atoms with Gasteiger partial charge in [0.15, 0.2) is 0 Å². The smallest absolute Gasteiger partial charge is 0.231 e. The first kappa shape index (κ1) is 14.1. The average Bonchev–Trinajstić information content (AvgIpc) is 2.65. The Hall–Kier alpha value is -1.35. The van der Waals surface area contributed by atoms with Gasteiger partial charge in [0.1, 0.15) is 0 Å². The molecule has 0 radical (unpaired) electrons. The van der Waals surface area contributed by atoms with Crippen molar-refractivity contribution in [3.63, 3.8) is 0 Å². The zero-order valence-electron chi connectivity index (χ0n) is 11.7. The van der Waals surface area contributed by atoms with E-state index in [9.17, 15) is 4.79 Å². The molecular formula is C16H24N2O. The maximum atomic E-state index is 12.7. The Labute approximate surface area is 115 Å². The molecule has 0 aromatic heterocycles. The predicted octanol–water partition coefficient (Wildman–Crippen LogP) is 2.52. The summed E-state index contributed by atoms with van der Waals surface area (Å²) in [5.74, 6) is 0.00449. The number of nitrogens with zero attached hydrogens (tertiary/aromatic N) is 1. The van der Waals surface area contributed by atoms with E-state index in [0.29, 0.717) is 12.6 Å². The Morgan fingerprint density at radius 1 is 1.32 bits per heavy atom. The summed E-state index contributed by atoms with van der Waals surface area (Å²) < 4.78 is 0. The lowest BCUT2D eigenvalue weighted by Crippen LogP contribution is -2.43. The van der Waals surface area contributed by atoms with Gasteiger partial charge in [-0.1, -0.05) is 43.2 Å². The third kappa shape index (κ3) is 3.35. The zero-order valence-corrected chi connectivity index (χ0v) is 11.7. The van der Waals surface area contributed by atoms with E-state index in [1.54, 1.807) is 0 Å². The minimum Gasteiger partial charge on any atom is -0.339 e. The van der Waals surface area contributed by atoms with Gasteiger partial charge in [-0.2, -0.15) is 0 Å². The highest BCUT2D eigenvalue weighted by Gasteiger charge is 2.28. The van der Waals surface area contributed by atoms with E-state index in [1.807, 2.05) is 35.2 Å². The first-order valence-electron chi connectivity index (χ1n) is 7.29. The second-order valence-electron chi connectivity index (χ2n) is 5.43. The highest BCUT2D eigenvalue weighted by Crippen LogP contribution is 2.23. The highest BCUT2D eigenvalue weighted by atomic mass is 16.2. The van der Waals surface area contributed by atoms with Gasteiger partial charge in [0.2, 0.25) is 5.91 Å². The molecule has 104 valence electrons. The Morgan fingerprint density at radius 2 is 2.05 bits per heavy atom. The van der Waals surface area contributed by atoms with Crippen LogP contribution in [0.3, 0.4) is 0 Å². The summed E-state index contributed by atoms with van der Waals surface area (Å²) in [4.78, 5) is 14.8. The summed E-state index contributed by atoms with van der Waals surface area (Å²) in [7, 11) is 0. The molecule has 1 aliphatic heterocycles. The van der Waals surface area contributed by atoms with Gasteiger partial charge in [-0.25, -0.2) is 0 Å². The van der Waals surface area contributed by atoms with Gasteiger partial charge in [-0.3, -0.25) is 4.79 Å². The van der Waals surface area contributed by atoms with Crippen LogP contribution in [0.2, 0.25) is 0 Å². The second kappa shape index (κ2) is 6.71. The first-order valence-corrected chi connectivity index (χ1v) is 7.29. The molecule has 0 bridgehead atoms. The van der Waals surface area contributed by atoms with Crippen LogP contribution in [0.1, 0.15) is 44.1 Å². The lowest BCUT2D eigenvalue weighted by atomic mass is 9.97. The lowest BCUT2D eigenvalue weighted by molar-refractivity contribution is -0.134. The first-order chi connectivity index (χ1) is 9.24. The van der Waals surface area contributed by atoms with Crippen LogP contribution < -0.4 is 5.73 Å². The minimum absolute atomic E-state index is 0.193. The number of amides is 1. The summed E-state index contributed by atoms with van der Waals surface area (Å²) in [6.45, 7) is 3.41. The van der Waals surface area contributed by atoms with Crippen LogP contribution in [0, 0.1) is 0 Å². The molecular weight excluding hydrogens is 236 g/mol. The Kier molecular flexibility index (Phi) is 4.97. The van der Waals surface area contributed by atoms with Gasteiger partial charge in [0.25, 0.3) is 0 Å². The minimum atomic E-state index is -0.193. The molecule has 1 aromatic rings. The molecule has 1 saturated heterocycles. The van der Waals surface area contributed by atoms with Crippen molar-refractivity contribution in [1.29, 1.82) is 0 Å². The fourth-order valence-corrected chi connectivity index (χ4v) is 2.87. The molecule has 1 aromatic carbocycles. The molecule has 0 aliphatic carbocycles. The predicted molar refractivity (Wildman–Crippen MR) is 77.9 cm³/mol. The molecule has 1 aliphatic rings. The number of rotatable bonds is 3. The number of nitrogens with two attached hydrogens (primary N) is 1. The Bertz CT molecular complexity index is 404. The number of carbonyl (C=O) groups excluding carboxylic acids is 1. The van der Waals surface area contributed by atoms with Gasteiger partial charge in [-0.15, -0.1) is 0 Å². The van der Waals surface area contributed by atoms with E-state index >= 15 is 0 Å². The van der Waals surface area contributed by atoms with Gasteiger partial charge < -0.3 is 10.6 Å². The Balaban J connectivity index is 2.16. The number of hydrogen-bond acceptors (Lipinski definition) is 2. The van der Waals surface area contributed by atoms with Crippen molar-refractivity contribution in [3.05, 3.63) is 35.9 Å². The molecule has 1 fully saturated rings. The molecule has 3 heteroatoms. The van der Waals surface area contributed by atoms with Crippen molar-refractivity contribution >= 4 is 5.91 Å². The van der Waals surface area contributed by atoms with E-state index in [0.717, 1.165) is 24.9 Å². The molecule has 0 spiro atoms. The van der Waals surface area contributed by atoms with E-state index in [2.05, 4.69) is 6.92 Å². The zero-order chi connectivity index (χ0) is 13.7. The molecule has 19 heavy (non-hydrogen) atoms. The van der Waals surface area contributed by atoms with Crippen LogP contribution in [0.25, 0.3) is 0 Å². The molecule has 2 unspecified atom stereocenters. The fourth-order valence-electron chi connectivity index (χ4n) is 2.87. The SMILES string of the molecule is CC1CCCCCN1C(=O)C(CN)c1ccccc1. The molecule has 2 atom stereocenters. The quantitative estimate of drug-likeness (QED) is 0.907. The van der Waals surface area contributed by atoms with E-state index in [1.165, 1.54) is 12.8 Å². The number of likely N-dealkylation sites (tertiary alicyclic amines) is 1. The summed E-state index contributed by atoms with van der Waals surface area (Å²) in [5.41, 5.74) is 6.88. The Morgan fingerprint density at radius 3 is 2.74 bits per heavy atom. The van der Waals surface area contributed by atoms with Crippen molar-refractivity contribution in [2.24, 2.45) is 5.73 Å². The van der Waals surface area contributed by atoms with Crippen molar-refractivity contribution < 1.29 is 4.79 Å². The normalized spacial score (nSPS) is 21.8. The molecule has 2 rings (SSSR count). The third-order valence-corrected chi connectivity index (χ3v) is 4.07. The molecule has 2 N–H and O–H groups in total. The molecule has 1 heterocycles. The molecule has 3 nitrogen and oxygen atoms in total. The molecule has 0 saturated carbocycles. The maximum absolute atomic E-state index is 12.7. The lowest BCUT2D eigenvalue weighted by Gasteiger charge is -2.30. The largest absolute Gasteiger partial charge is 0.339 e. The van der Waals surface area contributed by atoms with Crippen LogP contribution in [0.5, 0.6) is 0 Å². The third-order valence-electron chi connectivity index (χ3n) is 4.07. The van der Waals surface area contributed by atoms with Gasteiger partial charge >= 0.3 is 0 Å². The van der Waals surface area contributed by atoms with E-state index in [4.69, 9.17) is 5.73 Å². The second-order valence-corrected chi connectivity index (χ2v) is 5.43. The highest BCUT2D eigenvalue weighted by molar-refractivity contribution is 5.84. The maximum Gasteiger partial charge on any atom is 0.231 e. The van der Waals surface area contributed by atoms with Gasteiger partial charge in [0.05, 0.1) is 5.92 Å². The summed E-state index contributed by atoms with van der Waals surface area (Å²) in [6, 6.07) is 10.2. The van der Waals surface area contributed by atoms with Crippen molar-refractivity contribution in [2.75, 3.05) is 13.1 Å². The van der Waals surface area contributed by atoms with Crippen LogP contribution in [0.15, 0.2) is 30.3 Å². The van der Waals surface area contributed by atoms with Gasteiger partial charge in [0, 0.05) is 19.1 Å². The summed E-state index contributed by atoms with van der Waals surface area (Å²) >= 11 is 0. The number of carbonyl (C=O) groups is 1. The van der Waals surface area contributed by atoms with Crippen molar-refractivity contribution in [3.8, 4) is 0 Å². The van der Waals surface area contributed by atoms with Crippen molar-refractivity contribution in [2.45, 2.75) is 44.6 Å². The van der Waals surface area contributed by atoms with Crippen LogP contribution >= 0.6 is 0 Å². The van der Waals surface area contributed by atoms with Crippen LogP contribution in [0.4, 0.5) is 0 Å².